The minimum absolute atomic E-state index is 0.0871. The highest BCUT2D eigenvalue weighted by Crippen LogP contribution is 2.60. The molecule has 8 heteroatoms. The van der Waals surface area contributed by atoms with Gasteiger partial charge in [-0.05, 0) is 79.9 Å². The second-order valence-electron chi connectivity index (χ2n) is 12.0. The van der Waals surface area contributed by atoms with Gasteiger partial charge in [-0.15, -0.1) is 0 Å². The van der Waals surface area contributed by atoms with Crippen molar-refractivity contribution in [3.63, 3.8) is 0 Å². The van der Waals surface area contributed by atoms with Crippen LogP contribution in [0.1, 0.15) is 56.6 Å². The normalized spacial score (nSPS) is 33.5. The Bertz CT molecular complexity index is 1140. The Morgan fingerprint density at radius 1 is 1.03 bits per heavy atom. The van der Waals surface area contributed by atoms with Crippen LogP contribution < -0.4 is 20.6 Å². The van der Waals surface area contributed by atoms with Crippen LogP contribution in [0.3, 0.4) is 0 Å². The van der Waals surface area contributed by atoms with Crippen molar-refractivity contribution in [2.45, 2.75) is 57.2 Å². The number of amides is 3. The Kier molecular flexibility index (Phi) is 6.88. The first-order valence-electron chi connectivity index (χ1n) is 14.0. The van der Waals surface area contributed by atoms with E-state index in [1.165, 1.54) is 19.3 Å². The molecule has 4 fully saturated rings. The molecule has 0 aromatic heterocycles. The maximum absolute atomic E-state index is 14.3. The van der Waals surface area contributed by atoms with Gasteiger partial charge in [0.15, 0.2) is 0 Å². The van der Waals surface area contributed by atoms with Gasteiger partial charge >= 0.3 is 11.9 Å². The summed E-state index contributed by atoms with van der Waals surface area (Å²) in [6.45, 7) is 0.992. The van der Waals surface area contributed by atoms with Gasteiger partial charge in [-0.2, -0.15) is 0 Å². The van der Waals surface area contributed by atoms with Crippen molar-refractivity contribution in [2.24, 2.45) is 23.2 Å². The number of fused-ring (bicyclic) bond motifs is 1. The zero-order chi connectivity index (χ0) is 26.3. The molecule has 2 aromatic carbocycles. The zero-order valence-corrected chi connectivity index (χ0v) is 22.0. The molecule has 1 heterocycles. The molecule has 4 saturated carbocycles. The van der Waals surface area contributed by atoms with E-state index in [1.807, 2.05) is 47.4 Å². The summed E-state index contributed by atoms with van der Waals surface area (Å²) in [5, 5.41) is 19.2. The number of nitrogens with zero attached hydrogens (tertiary/aromatic N) is 1. The lowest BCUT2D eigenvalue weighted by molar-refractivity contribution is -0.900. The summed E-state index contributed by atoms with van der Waals surface area (Å²) in [7, 11) is 1.61. The molecule has 1 aliphatic heterocycles. The third-order valence-corrected chi connectivity index (χ3v) is 9.32. The van der Waals surface area contributed by atoms with Gasteiger partial charge in [-0.3, -0.25) is 10.1 Å². The van der Waals surface area contributed by atoms with Crippen LogP contribution in [0.5, 0.6) is 0 Å². The molecule has 3 N–H and O–H groups in total. The second kappa shape index (κ2) is 10.3. The van der Waals surface area contributed by atoms with Gasteiger partial charge in [0.2, 0.25) is 6.17 Å². The summed E-state index contributed by atoms with van der Waals surface area (Å²) in [6, 6.07) is 15.7. The van der Waals surface area contributed by atoms with E-state index in [9.17, 15) is 14.8 Å². The van der Waals surface area contributed by atoms with Crippen molar-refractivity contribution in [1.82, 2.24) is 5.32 Å². The molecular weight excluding hydrogens is 480 g/mol. The quantitative estimate of drug-likeness (QED) is 0.485. The number of nitrogens with one attached hydrogen (secondary N) is 3. The van der Waals surface area contributed by atoms with Crippen molar-refractivity contribution in [3.8, 4) is 0 Å². The lowest BCUT2D eigenvalue weighted by Crippen LogP contribution is -3.15. The van der Waals surface area contributed by atoms with E-state index in [4.69, 9.17) is 4.74 Å². The number of hydrogen-bond acceptors (Lipinski definition) is 4. The number of quaternary nitrogens is 1. The summed E-state index contributed by atoms with van der Waals surface area (Å²) in [4.78, 5) is 29.2. The first kappa shape index (κ1) is 25.3. The number of methoxy groups -OCH3 is 1. The average Bonchev–Trinajstić information content (AvgIpc) is 2.97. The van der Waals surface area contributed by atoms with Gasteiger partial charge < -0.3 is 25.2 Å². The molecule has 3 atom stereocenters. The van der Waals surface area contributed by atoms with Crippen molar-refractivity contribution in [1.29, 1.82) is 0 Å². The predicted octanol–water partition coefficient (Wildman–Crippen LogP) is 3.86. The monoisotopic (exact) mass is 518 g/mol. The maximum atomic E-state index is 14.3. The van der Waals surface area contributed by atoms with Crippen LogP contribution in [0.25, 0.3) is 0 Å². The zero-order valence-electron chi connectivity index (χ0n) is 22.0. The van der Waals surface area contributed by atoms with Crippen molar-refractivity contribution in [2.75, 3.05) is 30.5 Å². The highest BCUT2D eigenvalue weighted by atomic mass is 16.5. The third kappa shape index (κ3) is 4.81. The van der Waals surface area contributed by atoms with Crippen LogP contribution in [0, 0.1) is 28.4 Å². The van der Waals surface area contributed by atoms with Gasteiger partial charge in [-0.25, -0.2) is 4.79 Å². The average molecular weight is 519 g/mol. The summed E-state index contributed by atoms with van der Waals surface area (Å²) in [6.07, 6.45) is 6.61. The molecule has 0 saturated heterocycles. The van der Waals surface area contributed by atoms with Crippen LogP contribution in [-0.4, -0.2) is 38.4 Å². The smallest absolute Gasteiger partial charge is 0.324 e. The van der Waals surface area contributed by atoms with E-state index in [0.717, 1.165) is 48.3 Å². The summed E-state index contributed by atoms with van der Waals surface area (Å²) >= 11 is 0. The number of carbonyl (C=O) groups excluding carboxylic acids is 2. The van der Waals surface area contributed by atoms with Crippen LogP contribution in [-0.2, 0) is 9.53 Å². The molecule has 0 spiro atoms. The molecule has 7 rings (SSSR count). The molecule has 8 nitrogen and oxygen atoms in total. The number of hydrogen-bond donors (Lipinski definition) is 3. The van der Waals surface area contributed by atoms with E-state index in [2.05, 4.69) is 10.6 Å². The van der Waals surface area contributed by atoms with E-state index in [0.29, 0.717) is 25.3 Å². The molecule has 202 valence electrons. The van der Waals surface area contributed by atoms with Gasteiger partial charge in [0.05, 0.1) is 12.3 Å². The fraction of sp³-hybridized carbons (Fsp3) is 0.533. The van der Waals surface area contributed by atoms with Crippen LogP contribution in [0.4, 0.5) is 16.2 Å². The number of ether oxygens (including phenoxy) is 1. The van der Waals surface area contributed by atoms with Gasteiger partial charge in [0.1, 0.15) is 6.04 Å². The lowest BCUT2D eigenvalue weighted by Gasteiger charge is -2.57. The fourth-order valence-corrected chi connectivity index (χ4v) is 8.25. The van der Waals surface area contributed by atoms with Crippen molar-refractivity contribution < 1.29 is 19.4 Å². The van der Waals surface area contributed by atoms with E-state index >= 15 is 0 Å². The van der Waals surface area contributed by atoms with E-state index in [1.54, 1.807) is 19.2 Å². The Hall–Kier alpha value is -2.94. The summed E-state index contributed by atoms with van der Waals surface area (Å²) in [5.74, 6) is 1.92. The van der Waals surface area contributed by atoms with E-state index < -0.39 is 18.2 Å². The van der Waals surface area contributed by atoms with Crippen LogP contribution >= 0.6 is 0 Å². The number of benzene rings is 2. The Labute approximate surface area is 224 Å². The topological polar surface area (TPSA) is 98.2 Å². The summed E-state index contributed by atoms with van der Waals surface area (Å²) < 4.78 is 5.34. The molecular formula is C30H38N4O4. The highest BCUT2D eigenvalue weighted by Gasteiger charge is 2.53. The number of para-hydroxylation sites is 2. The minimum Gasteiger partial charge on any atom is -0.632 e. The number of rotatable bonds is 7. The standard InChI is InChI=1S/C30H38N4O4/c1-38-12-11-26-24-9-5-6-10-25(24)33(19-30-16-20-13-21(17-30)15-22(14-20)18-30)28(35)27(34(26)37)32-29(36)31-23-7-3-2-4-8-23/h2-10,20-22,26-27,34H,11-19H2,1H3,(H2,31,32,36). The van der Waals surface area contributed by atoms with Crippen molar-refractivity contribution in [3.05, 3.63) is 65.4 Å². The summed E-state index contributed by atoms with van der Waals surface area (Å²) in [5.41, 5.74) is 2.34. The molecule has 4 bridgehead atoms. The molecule has 5 aliphatic rings. The molecule has 4 aliphatic carbocycles. The Balaban J connectivity index is 1.33. The Morgan fingerprint density at radius 3 is 2.32 bits per heavy atom. The third-order valence-electron chi connectivity index (χ3n) is 9.32. The van der Waals surface area contributed by atoms with Gasteiger partial charge in [0, 0.05) is 31.3 Å². The number of hydroxylamine groups is 2. The highest BCUT2D eigenvalue weighted by molar-refractivity contribution is 6.00. The number of anilines is 2. The second-order valence-corrected chi connectivity index (χ2v) is 12.0. The first-order valence-corrected chi connectivity index (χ1v) is 14.0. The number of carbonyl (C=O) groups is 2. The number of urea groups is 1. The molecule has 2 aromatic rings. The molecule has 3 unspecified atom stereocenters. The largest absolute Gasteiger partial charge is 0.632 e. The van der Waals surface area contributed by atoms with Crippen LogP contribution in [0.15, 0.2) is 54.6 Å². The SMILES string of the molecule is COCCC1c2ccccc2N(CC23CC4CC(CC(C4)C2)C3)C(=O)C(NC(=O)Nc2ccccc2)[NH+]1[O-]. The van der Waals surface area contributed by atoms with Gasteiger partial charge in [0.25, 0.3) is 0 Å². The molecule has 3 amide bonds. The van der Waals surface area contributed by atoms with Gasteiger partial charge in [-0.1, -0.05) is 36.4 Å². The molecule has 0 radical (unpaired) electrons. The first-order chi connectivity index (χ1) is 18.4. The van der Waals surface area contributed by atoms with Crippen molar-refractivity contribution >= 4 is 23.3 Å². The maximum Gasteiger partial charge on any atom is 0.324 e. The van der Waals surface area contributed by atoms with E-state index in [-0.39, 0.29) is 16.4 Å². The minimum atomic E-state index is -1.26. The molecule has 38 heavy (non-hydrogen) atoms. The van der Waals surface area contributed by atoms with Crippen LogP contribution in [0.2, 0.25) is 0 Å². The Morgan fingerprint density at radius 2 is 1.66 bits per heavy atom. The lowest BCUT2D eigenvalue weighted by atomic mass is 9.49. The fourth-order valence-electron chi connectivity index (χ4n) is 8.25. The predicted molar refractivity (Wildman–Crippen MR) is 145 cm³/mol.